The van der Waals surface area contributed by atoms with Crippen molar-refractivity contribution in [3.8, 4) is 11.5 Å². The Kier molecular flexibility index (Phi) is 3.98. The molecule has 6 nitrogen and oxygen atoms in total. The van der Waals surface area contributed by atoms with Crippen molar-refractivity contribution in [2.75, 3.05) is 24.8 Å². The first kappa shape index (κ1) is 16.0. The zero-order valence-electron chi connectivity index (χ0n) is 14.7. The van der Waals surface area contributed by atoms with Crippen LogP contribution in [0.1, 0.15) is 31.5 Å². The zero-order chi connectivity index (χ0) is 17.5. The molecule has 0 bridgehead atoms. The molecule has 26 heavy (non-hydrogen) atoms. The van der Waals surface area contributed by atoms with Crippen LogP contribution in [0.2, 0.25) is 0 Å². The molecule has 0 radical (unpaired) electrons. The third kappa shape index (κ3) is 2.91. The first-order valence-corrected chi connectivity index (χ1v) is 9.97. The summed E-state index contributed by atoms with van der Waals surface area (Å²) in [5.74, 6) is 1.70. The Balaban J connectivity index is 1.19. The fourth-order valence-corrected chi connectivity index (χ4v) is 4.49. The summed E-state index contributed by atoms with van der Waals surface area (Å²) in [4.78, 5) is 8.21. The summed E-state index contributed by atoms with van der Waals surface area (Å²) in [7, 11) is 0. The minimum atomic E-state index is 0.268. The number of benzene rings is 1. The number of anilines is 1. The van der Waals surface area contributed by atoms with E-state index in [9.17, 15) is 0 Å². The summed E-state index contributed by atoms with van der Waals surface area (Å²) >= 11 is 1.68. The van der Waals surface area contributed by atoms with E-state index in [0.29, 0.717) is 12.8 Å². The van der Waals surface area contributed by atoms with Crippen molar-refractivity contribution < 1.29 is 9.47 Å². The number of imidazole rings is 1. The van der Waals surface area contributed by atoms with Crippen molar-refractivity contribution in [3.63, 3.8) is 0 Å². The predicted molar refractivity (Wildman–Crippen MR) is 102 cm³/mol. The minimum Gasteiger partial charge on any atom is -0.454 e. The van der Waals surface area contributed by atoms with Crippen LogP contribution < -0.4 is 19.7 Å². The van der Waals surface area contributed by atoms with Crippen LogP contribution in [0.4, 0.5) is 5.69 Å². The van der Waals surface area contributed by atoms with Gasteiger partial charge >= 0.3 is 0 Å². The highest BCUT2D eigenvalue weighted by atomic mass is 32.1. The molecule has 1 atom stereocenters. The molecule has 0 aliphatic carbocycles. The lowest BCUT2D eigenvalue weighted by atomic mass is 10.0. The number of rotatable bonds is 4. The van der Waals surface area contributed by atoms with E-state index in [4.69, 9.17) is 14.5 Å². The van der Waals surface area contributed by atoms with E-state index in [1.54, 1.807) is 11.3 Å². The van der Waals surface area contributed by atoms with Gasteiger partial charge in [0.1, 0.15) is 0 Å². The summed E-state index contributed by atoms with van der Waals surface area (Å²) in [6.45, 7) is 4.62. The van der Waals surface area contributed by atoms with Crippen LogP contribution in [0.3, 0.4) is 0 Å². The lowest BCUT2D eigenvalue weighted by molar-refractivity contribution is 0.174. The lowest BCUT2D eigenvalue weighted by Gasteiger charge is -2.35. The van der Waals surface area contributed by atoms with Gasteiger partial charge in [0.05, 0.1) is 5.69 Å². The van der Waals surface area contributed by atoms with E-state index in [2.05, 4.69) is 51.4 Å². The topological polar surface area (TPSA) is 51.0 Å². The van der Waals surface area contributed by atoms with Crippen molar-refractivity contribution >= 4 is 22.0 Å². The number of hydrogen-bond acceptors (Lipinski definition) is 6. The summed E-state index contributed by atoms with van der Waals surface area (Å²) in [5, 5.41) is 5.82. The van der Waals surface area contributed by atoms with E-state index in [-0.39, 0.29) is 6.04 Å². The Morgan fingerprint density at radius 2 is 2.08 bits per heavy atom. The van der Waals surface area contributed by atoms with Gasteiger partial charge in [0.2, 0.25) is 6.79 Å². The van der Waals surface area contributed by atoms with Gasteiger partial charge in [0, 0.05) is 54.7 Å². The molecule has 0 amide bonds. The second-order valence-corrected chi connectivity index (χ2v) is 7.82. The standard InChI is InChI=1S/C19H22N4O2S/c1-13(16-11-23-8-9-26-19(23)21-16)20-14-4-6-22(7-5-14)15-2-3-17-18(10-15)25-12-24-17/h2-3,8-11,13-14,20H,4-7,12H2,1H3/t13-/m0/s1. The smallest absolute Gasteiger partial charge is 0.231 e. The average Bonchev–Trinajstić information content (AvgIpc) is 3.37. The van der Waals surface area contributed by atoms with Crippen molar-refractivity contribution in [1.29, 1.82) is 0 Å². The third-order valence-electron chi connectivity index (χ3n) is 5.26. The highest BCUT2D eigenvalue weighted by Gasteiger charge is 2.23. The van der Waals surface area contributed by atoms with Crippen LogP contribution in [0.25, 0.3) is 4.96 Å². The Morgan fingerprint density at radius 3 is 2.92 bits per heavy atom. The minimum absolute atomic E-state index is 0.268. The number of piperidine rings is 1. The largest absolute Gasteiger partial charge is 0.454 e. The van der Waals surface area contributed by atoms with E-state index >= 15 is 0 Å². The van der Waals surface area contributed by atoms with E-state index in [1.165, 1.54) is 5.69 Å². The fraction of sp³-hybridized carbons (Fsp3) is 0.421. The Hall–Kier alpha value is -2.25. The lowest BCUT2D eigenvalue weighted by Crippen LogP contribution is -2.43. The molecular formula is C19H22N4O2S. The van der Waals surface area contributed by atoms with Crippen LogP contribution >= 0.6 is 11.3 Å². The molecule has 7 heteroatoms. The second-order valence-electron chi connectivity index (χ2n) is 6.95. The molecule has 2 aliphatic rings. The van der Waals surface area contributed by atoms with E-state index in [1.807, 2.05) is 6.07 Å². The van der Waals surface area contributed by atoms with Crippen LogP contribution in [0.15, 0.2) is 36.0 Å². The highest BCUT2D eigenvalue weighted by Crippen LogP contribution is 2.36. The number of nitrogens with one attached hydrogen (secondary N) is 1. The predicted octanol–water partition coefficient (Wildman–Crippen LogP) is 3.44. The van der Waals surface area contributed by atoms with Gasteiger partial charge < -0.3 is 19.7 Å². The molecule has 1 saturated heterocycles. The molecule has 1 aromatic carbocycles. The van der Waals surface area contributed by atoms with Gasteiger partial charge in [-0.25, -0.2) is 4.98 Å². The van der Waals surface area contributed by atoms with Gasteiger partial charge in [-0.05, 0) is 31.9 Å². The summed E-state index contributed by atoms with van der Waals surface area (Å²) in [6.07, 6.45) is 6.44. The van der Waals surface area contributed by atoms with Crippen molar-refractivity contribution in [2.24, 2.45) is 0 Å². The van der Waals surface area contributed by atoms with Crippen LogP contribution in [0.5, 0.6) is 11.5 Å². The number of aromatic nitrogens is 2. The van der Waals surface area contributed by atoms with Gasteiger partial charge in [-0.2, -0.15) is 0 Å². The number of hydrogen-bond donors (Lipinski definition) is 1. The maximum absolute atomic E-state index is 5.50. The fourth-order valence-electron chi connectivity index (χ4n) is 3.78. The van der Waals surface area contributed by atoms with E-state index < -0.39 is 0 Å². The van der Waals surface area contributed by atoms with Crippen molar-refractivity contribution in [2.45, 2.75) is 31.8 Å². The quantitative estimate of drug-likeness (QED) is 0.762. The number of ether oxygens (including phenoxy) is 2. The maximum atomic E-state index is 5.50. The molecule has 3 aromatic rings. The highest BCUT2D eigenvalue weighted by molar-refractivity contribution is 7.15. The molecular weight excluding hydrogens is 348 g/mol. The molecule has 1 N–H and O–H groups in total. The van der Waals surface area contributed by atoms with Crippen LogP contribution in [-0.2, 0) is 0 Å². The van der Waals surface area contributed by atoms with Crippen LogP contribution in [0, 0.1) is 0 Å². The summed E-state index contributed by atoms with van der Waals surface area (Å²) in [6, 6.07) is 7.02. The number of fused-ring (bicyclic) bond motifs is 2. The van der Waals surface area contributed by atoms with Crippen molar-refractivity contribution in [3.05, 3.63) is 41.7 Å². The first-order chi connectivity index (χ1) is 12.8. The summed E-state index contributed by atoms with van der Waals surface area (Å²) in [5.41, 5.74) is 2.34. The Bertz CT molecular complexity index is 885. The Morgan fingerprint density at radius 1 is 1.23 bits per heavy atom. The van der Waals surface area contributed by atoms with Gasteiger partial charge in [-0.15, -0.1) is 11.3 Å². The van der Waals surface area contributed by atoms with Gasteiger partial charge in [0.25, 0.3) is 0 Å². The molecule has 0 unspecified atom stereocenters. The molecule has 1 fully saturated rings. The van der Waals surface area contributed by atoms with Gasteiger partial charge in [-0.1, -0.05) is 0 Å². The molecule has 2 aliphatic heterocycles. The Labute approximate surface area is 156 Å². The third-order valence-corrected chi connectivity index (χ3v) is 6.03. The number of thiazole rings is 1. The SMILES string of the molecule is C[C@H](NC1CCN(c2ccc3c(c2)OCO3)CC1)c1cn2ccsc2n1. The molecule has 2 aromatic heterocycles. The molecule has 136 valence electrons. The van der Waals surface area contributed by atoms with Gasteiger partial charge in [-0.3, -0.25) is 4.40 Å². The van der Waals surface area contributed by atoms with E-state index in [0.717, 1.165) is 48.1 Å². The van der Waals surface area contributed by atoms with Gasteiger partial charge in [0.15, 0.2) is 16.5 Å². The first-order valence-electron chi connectivity index (χ1n) is 9.09. The maximum Gasteiger partial charge on any atom is 0.231 e. The van der Waals surface area contributed by atoms with Crippen LogP contribution in [-0.4, -0.2) is 35.3 Å². The normalized spacial score (nSPS) is 18.6. The average molecular weight is 370 g/mol. The number of nitrogens with zero attached hydrogens (tertiary/aromatic N) is 3. The zero-order valence-corrected chi connectivity index (χ0v) is 15.5. The second kappa shape index (κ2) is 6.48. The monoisotopic (exact) mass is 370 g/mol. The molecule has 0 saturated carbocycles. The summed E-state index contributed by atoms with van der Waals surface area (Å²) < 4.78 is 13.0. The molecule has 4 heterocycles. The molecule has 5 rings (SSSR count). The van der Waals surface area contributed by atoms with Crippen molar-refractivity contribution in [1.82, 2.24) is 14.7 Å². The molecule has 0 spiro atoms.